The van der Waals surface area contributed by atoms with Gasteiger partial charge in [-0.3, -0.25) is 0 Å². The quantitative estimate of drug-likeness (QED) is 0.836. The Morgan fingerprint density at radius 2 is 2.18 bits per heavy atom. The molecule has 0 saturated heterocycles. The number of urea groups is 1. The van der Waals surface area contributed by atoms with Crippen molar-refractivity contribution < 1.29 is 4.79 Å². The predicted octanol–water partition coefficient (Wildman–Crippen LogP) is 4.08. The van der Waals surface area contributed by atoms with E-state index in [1.165, 1.54) is 0 Å². The Bertz CT molecular complexity index is 441. The van der Waals surface area contributed by atoms with Crippen molar-refractivity contribution in [1.29, 1.82) is 0 Å². The van der Waals surface area contributed by atoms with Crippen molar-refractivity contribution in [3.63, 3.8) is 0 Å². The minimum atomic E-state index is -0.247. The predicted molar refractivity (Wildman–Crippen MR) is 72.4 cm³/mol. The fourth-order valence-corrected chi connectivity index (χ4v) is 1.44. The Morgan fingerprint density at radius 3 is 2.76 bits per heavy atom. The molecule has 1 rings (SSSR count). The van der Waals surface area contributed by atoms with E-state index in [2.05, 4.69) is 10.6 Å². The summed E-state index contributed by atoms with van der Waals surface area (Å²) in [6.45, 7) is 5.90. The van der Waals surface area contributed by atoms with Crippen LogP contribution in [0.15, 0.2) is 30.0 Å². The van der Waals surface area contributed by atoms with Gasteiger partial charge in [-0.1, -0.05) is 24.1 Å². The average Bonchev–Trinajstić information content (AvgIpc) is 2.29. The summed E-state index contributed by atoms with van der Waals surface area (Å²) in [7, 11) is 0. The summed E-state index contributed by atoms with van der Waals surface area (Å²) < 4.78 is 0. The molecule has 0 atom stereocenters. The van der Waals surface area contributed by atoms with E-state index in [0.717, 1.165) is 23.2 Å². The van der Waals surface area contributed by atoms with Gasteiger partial charge in [0.2, 0.25) is 0 Å². The molecule has 92 valence electrons. The van der Waals surface area contributed by atoms with Crippen molar-refractivity contribution in [2.24, 2.45) is 0 Å². The SMILES string of the molecule is CC/C(C)=C/NC(=O)Nc1ccc(Cl)cc1C. The van der Waals surface area contributed by atoms with Gasteiger partial charge in [-0.05, 0) is 44.0 Å². The van der Waals surface area contributed by atoms with Crippen LogP contribution in [0, 0.1) is 6.92 Å². The van der Waals surface area contributed by atoms with Gasteiger partial charge in [0.25, 0.3) is 0 Å². The summed E-state index contributed by atoms with van der Waals surface area (Å²) in [6.07, 6.45) is 2.63. The van der Waals surface area contributed by atoms with Gasteiger partial charge in [-0.2, -0.15) is 0 Å². The number of benzene rings is 1. The van der Waals surface area contributed by atoms with E-state index in [-0.39, 0.29) is 6.03 Å². The highest BCUT2D eigenvalue weighted by Crippen LogP contribution is 2.19. The zero-order chi connectivity index (χ0) is 12.8. The molecular weight excluding hydrogens is 236 g/mol. The standard InChI is InChI=1S/C13H17ClN2O/c1-4-9(2)8-15-13(17)16-12-6-5-11(14)7-10(12)3/h5-8H,4H2,1-3H3,(H2,15,16,17)/b9-8+. The Morgan fingerprint density at radius 1 is 1.47 bits per heavy atom. The molecule has 2 N–H and O–H groups in total. The molecule has 0 spiro atoms. The number of anilines is 1. The molecule has 0 aliphatic heterocycles. The molecule has 0 aliphatic rings. The van der Waals surface area contributed by atoms with Crippen LogP contribution < -0.4 is 10.6 Å². The summed E-state index contributed by atoms with van der Waals surface area (Å²) in [6, 6.07) is 5.10. The van der Waals surface area contributed by atoms with Crippen LogP contribution in [-0.2, 0) is 0 Å². The van der Waals surface area contributed by atoms with E-state index in [1.54, 1.807) is 18.3 Å². The number of hydrogen-bond donors (Lipinski definition) is 2. The van der Waals surface area contributed by atoms with Crippen molar-refractivity contribution in [1.82, 2.24) is 5.32 Å². The van der Waals surface area contributed by atoms with Gasteiger partial charge in [-0.25, -0.2) is 4.79 Å². The first-order chi connectivity index (χ1) is 8.02. The second kappa shape index (κ2) is 6.30. The number of carbonyl (C=O) groups is 1. The van der Waals surface area contributed by atoms with Crippen LogP contribution in [0.1, 0.15) is 25.8 Å². The van der Waals surface area contributed by atoms with Gasteiger partial charge in [0.05, 0.1) is 0 Å². The topological polar surface area (TPSA) is 41.1 Å². The van der Waals surface area contributed by atoms with Crippen LogP contribution in [0.2, 0.25) is 5.02 Å². The molecule has 3 nitrogen and oxygen atoms in total. The number of rotatable bonds is 3. The van der Waals surface area contributed by atoms with Gasteiger partial charge in [0, 0.05) is 16.9 Å². The second-order valence-corrected chi connectivity index (χ2v) is 4.34. The van der Waals surface area contributed by atoms with Crippen LogP contribution in [0.5, 0.6) is 0 Å². The number of nitrogens with one attached hydrogen (secondary N) is 2. The maximum Gasteiger partial charge on any atom is 0.323 e. The fraction of sp³-hybridized carbons (Fsp3) is 0.308. The Balaban J connectivity index is 2.62. The first-order valence-electron chi connectivity index (χ1n) is 5.52. The molecule has 0 aliphatic carbocycles. The molecule has 0 saturated carbocycles. The molecule has 0 radical (unpaired) electrons. The summed E-state index contributed by atoms with van der Waals surface area (Å²) in [5.41, 5.74) is 2.81. The Hall–Kier alpha value is -1.48. The minimum absolute atomic E-state index is 0.247. The van der Waals surface area contributed by atoms with Gasteiger partial charge in [0.1, 0.15) is 0 Å². The van der Waals surface area contributed by atoms with Crippen molar-refractivity contribution in [3.8, 4) is 0 Å². The number of amides is 2. The molecule has 2 amide bonds. The largest absolute Gasteiger partial charge is 0.323 e. The first kappa shape index (κ1) is 13.6. The number of carbonyl (C=O) groups excluding carboxylic acids is 1. The summed E-state index contributed by atoms with van der Waals surface area (Å²) in [5.74, 6) is 0. The van der Waals surface area contributed by atoms with Crippen molar-refractivity contribution in [2.75, 3.05) is 5.32 Å². The molecule has 1 aromatic carbocycles. The summed E-state index contributed by atoms with van der Waals surface area (Å²) in [5, 5.41) is 6.10. The third-order valence-electron chi connectivity index (χ3n) is 2.44. The first-order valence-corrected chi connectivity index (χ1v) is 5.90. The molecule has 0 unspecified atom stereocenters. The highest BCUT2D eigenvalue weighted by Gasteiger charge is 2.03. The molecular formula is C13H17ClN2O. The zero-order valence-electron chi connectivity index (χ0n) is 10.3. The van der Waals surface area contributed by atoms with Gasteiger partial charge in [0.15, 0.2) is 0 Å². The summed E-state index contributed by atoms with van der Waals surface area (Å²) in [4.78, 5) is 11.6. The van der Waals surface area contributed by atoms with E-state index in [9.17, 15) is 4.79 Å². The van der Waals surface area contributed by atoms with E-state index < -0.39 is 0 Å². The molecule has 0 bridgehead atoms. The second-order valence-electron chi connectivity index (χ2n) is 3.90. The van der Waals surface area contributed by atoms with E-state index in [0.29, 0.717) is 5.02 Å². The summed E-state index contributed by atoms with van der Waals surface area (Å²) >= 11 is 5.84. The normalized spacial score (nSPS) is 11.2. The molecule has 1 aromatic rings. The monoisotopic (exact) mass is 252 g/mol. The van der Waals surface area contributed by atoms with E-state index in [1.807, 2.05) is 26.8 Å². The minimum Gasteiger partial charge on any atom is -0.314 e. The maximum atomic E-state index is 11.6. The van der Waals surface area contributed by atoms with Crippen molar-refractivity contribution in [2.45, 2.75) is 27.2 Å². The van der Waals surface area contributed by atoms with Crippen molar-refractivity contribution >= 4 is 23.3 Å². The van der Waals surface area contributed by atoms with Crippen LogP contribution in [-0.4, -0.2) is 6.03 Å². The lowest BCUT2D eigenvalue weighted by Crippen LogP contribution is -2.24. The third kappa shape index (κ3) is 4.49. The van der Waals surface area contributed by atoms with Crippen LogP contribution >= 0.6 is 11.6 Å². The Labute approximate surface area is 107 Å². The lowest BCUT2D eigenvalue weighted by molar-refractivity contribution is 0.255. The van der Waals surface area contributed by atoms with Crippen LogP contribution in [0.3, 0.4) is 0 Å². The Kier molecular flexibility index (Phi) is 5.04. The lowest BCUT2D eigenvalue weighted by atomic mass is 10.2. The molecule has 0 heterocycles. The van der Waals surface area contributed by atoms with Crippen LogP contribution in [0.4, 0.5) is 10.5 Å². The molecule has 0 fully saturated rings. The highest BCUT2D eigenvalue weighted by atomic mass is 35.5. The fourth-order valence-electron chi connectivity index (χ4n) is 1.22. The van der Waals surface area contributed by atoms with E-state index in [4.69, 9.17) is 11.6 Å². The number of halogens is 1. The molecule has 0 aromatic heterocycles. The third-order valence-corrected chi connectivity index (χ3v) is 2.68. The number of aryl methyl sites for hydroxylation is 1. The van der Waals surface area contributed by atoms with E-state index >= 15 is 0 Å². The van der Waals surface area contributed by atoms with Gasteiger partial charge < -0.3 is 10.6 Å². The maximum absolute atomic E-state index is 11.6. The average molecular weight is 253 g/mol. The lowest BCUT2D eigenvalue weighted by Gasteiger charge is -2.08. The van der Waals surface area contributed by atoms with Gasteiger partial charge in [-0.15, -0.1) is 0 Å². The van der Waals surface area contributed by atoms with Crippen LogP contribution in [0.25, 0.3) is 0 Å². The van der Waals surface area contributed by atoms with Gasteiger partial charge >= 0.3 is 6.03 Å². The van der Waals surface area contributed by atoms with Crippen molar-refractivity contribution in [3.05, 3.63) is 40.6 Å². The highest BCUT2D eigenvalue weighted by molar-refractivity contribution is 6.30. The number of allylic oxidation sites excluding steroid dienone is 1. The zero-order valence-corrected chi connectivity index (χ0v) is 11.1. The smallest absolute Gasteiger partial charge is 0.314 e. The number of hydrogen-bond acceptors (Lipinski definition) is 1. The molecule has 17 heavy (non-hydrogen) atoms. The molecule has 4 heteroatoms.